The third-order valence-electron chi connectivity index (χ3n) is 4.18. The number of nitrogens with zero attached hydrogens (tertiary/aromatic N) is 4. The second-order valence-corrected chi connectivity index (χ2v) is 5.65. The van der Waals surface area contributed by atoms with E-state index < -0.39 is 0 Å². The molecule has 1 aliphatic rings. The molecule has 0 saturated carbocycles. The number of amides is 2. The predicted octanol–water partition coefficient (Wildman–Crippen LogP) is 2.54. The van der Waals surface area contributed by atoms with E-state index in [1.165, 1.54) is 5.56 Å². The van der Waals surface area contributed by atoms with E-state index in [4.69, 9.17) is 0 Å². The normalized spacial score (nSPS) is 12.9. The van der Waals surface area contributed by atoms with Crippen molar-refractivity contribution in [2.24, 2.45) is 0 Å². The first kappa shape index (κ1) is 14.4. The van der Waals surface area contributed by atoms with E-state index >= 15 is 0 Å². The molecule has 6 nitrogen and oxygen atoms in total. The van der Waals surface area contributed by atoms with Crippen LogP contribution >= 0.6 is 0 Å². The molecule has 3 aromatic rings. The van der Waals surface area contributed by atoms with E-state index in [-0.39, 0.29) is 6.03 Å². The second kappa shape index (κ2) is 6.16. The zero-order valence-corrected chi connectivity index (χ0v) is 13.1. The Labute approximate surface area is 139 Å². The van der Waals surface area contributed by atoms with Gasteiger partial charge in [0, 0.05) is 42.9 Å². The molecular weight excluding hydrogens is 302 g/mol. The van der Waals surface area contributed by atoms with Crippen LogP contribution in [0, 0.1) is 0 Å². The van der Waals surface area contributed by atoms with Crippen LogP contribution < -0.4 is 10.2 Å². The number of hydrogen-bond acceptors (Lipinski definition) is 3. The summed E-state index contributed by atoms with van der Waals surface area (Å²) in [6, 6.07) is 11.8. The maximum atomic E-state index is 12.6. The number of pyridine rings is 1. The standard InChI is InChI=1S/C18H17N5O/c24-18(23-10-7-14-4-1-2-6-16(14)23)21-12-15-5-3-8-20-17(15)22-11-9-19-13-22/h1-6,8-9,11,13H,7,10,12H2,(H,21,24). The summed E-state index contributed by atoms with van der Waals surface area (Å²) in [6.07, 6.45) is 7.88. The van der Waals surface area contributed by atoms with Gasteiger partial charge in [0.1, 0.15) is 12.1 Å². The van der Waals surface area contributed by atoms with E-state index in [1.54, 1.807) is 23.6 Å². The second-order valence-electron chi connectivity index (χ2n) is 5.65. The molecule has 0 unspecified atom stereocenters. The lowest BCUT2D eigenvalue weighted by Crippen LogP contribution is -2.38. The smallest absolute Gasteiger partial charge is 0.322 e. The molecule has 3 heterocycles. The van der Waals surface area contributed by atoms with Gasteiger partial charge in [-0.2, -0.15) is 0 Å². The Kier molecular flexibility index (Phi) is 3.70. The van der Waals surface area contributed by atoms with Crippen molar-refractivity contribution in [1.82, 2.24) is 19.9 Å². The summed E-state index contributed by atoms with van der Waals surface area (Å²) in [6.45, 7) is 1.13. The van der Waals surface area contributed by atoms with Crippen molar-refractivity contribution >= 4 is 11.7 Å². The molecule has 1 N–H and O–H groups in total. The molecule has 1 aromatic carbocycles. The topological polar surface area (TPSA) is 63.1 Å². The zero-order chi connectivity index (χ0) is 16.4. The maximum absolute atomic E-state index is 12.6. The number of para-hydroxylation sites is 1. The molecule has 0 spiro atoms. The first-order valence-electron chi connectivity index (χ1n) is 7.88. The van der Waals surface area contributed by atoms with Crippen LogP contribution in [0.1, 0.15) is 11.1 Å². The number of anilines is 1. The first-order valence-corrected chi connectivity index (χ1v) is 7.88. The number of fused-ring (bicyclic) bond motifs is 1. The zero-order valence-electron chi connectivity index (χ0n) is 13.1. The van der Waals surface area contributed by atoms with Crippen LogP contribution in [0.25, 0.3) is 5.82 Å². The molecule has 0 bridgehead atoms. The molecule has 0 atom stereocenters. The van der Waals surface area contributed by atoms with Gasteiger partial charge in [-0.3, -0.25) is 9.47 Å². The summed E-state index contributed by atoms with van der Waals surface area (Å²) in [4.78, 5) is 22.8. The Bertz CT molecular complexity index is 859. The molecule has 1 aliphatic heterocycles. The van der Waals surface area contributed by atoms with Crippen molar-refractivity contribution in [3.05, 3.63) is 72.4 Å². The van der Waals surface area contributed by atoms with Gasteiger partial charge in [-0.25, -0.2) is 14.8 Å². The fourth-order valence-corrected chi connectivity index (χ4v) is 3.00. The molecule has 4 rings (SSSR count). The van der Waals surface area contributed by atoms with E-state index in [9.17, 15) is 4.79 Å². The summed E-state index contributed by atoms with van der Waals surface area (Å²) < 4.78 is 1.84. The van der Waals surface area contributed by atoms with Crippen LogP contribution in [-0.2, 0) is 13.0 Å². The third-order valence-corrected chi connectivity index (χ3v) is 4.18. The number of rotatable bonds is 3. The van der Waals surface area contributed by atoms with Crippen LogP contribution in [0.2, 0.25) is 0 Å². The SMILES string of the molecule is O=C(NCc1cccnc1-n1ccnc1)N1CCc2ccccc21. The van der Waals surface area contributed by atoms with Crippen LogP contribution in [0.15, 0.2) is 61.3 Å². The first-order chi connectivity index (χ1) is 11.8. The number of aromatic nitrogens is 3. The van der Waals surface area contributed by atoms with Crippen LogP contribution in [0.5, 0.6) is 0 Å². The van der Waals surface area contributed by atoms with Crippen molar-refractivity contribution in [2.75, 3.05) is 11.4 Å². The highest BCUT2D eigenvalue weighted by molar-refractivity contribution is 5.94. The number of urea groups is 1. The molecule has 0 radical (unpaired) electrons. The lowest BCUT2D eigenvalue weighted by atomic mass is 10.2. The molecule has 24 heavy (non-hydrogen) atoms. The largest absolute Gasteiger partial charge is 0.333 e. The van der Waals surface area contributed by atoms with Crippen LogP contribution in [0.4, 0.5) is 10.5 Å². The molecule has 6 heteroatoms. The van der Waals surface area contributed by atoms with Gasteiger partial charge >= 0.3 is 6.03 Å². The Hall–Kier alpha value is -3.15. The fraction of sp³-hybridized carbons (Fsp3) is 0.167. The van der Waals surface area contributed by atoms with Gasteiger partial charge in [0.25, 0.3) is 0 Å². The number of benzene rings is 1. The lowest BCUT2D eigenvalue weighted by Gasteiger charge is -2.18. The minimum atomic E-state index is -0.0830. The summed E-state index contributed by atoms with van der Waals surface area (Å²) in [7, 11) is 0. The van der Waals surface area contributed by atoms with Crippen LogP contribution in [-0.4, -0.2) is 27.1 Å². The van der Waals surface area contributed by atoms with E-state index in [1.807, 2.05) is 41.1 Å². The Balaban J connectivity index is 1.50. The summed E-state index contributed by atoms with van der Waals surface area (Å²) >= 11 is 0. The van der Waals surface area contributed by atoms with Gasteiger partial charge in [-0.15, -0.1) is 0 Å². The molecule has 120 valence electrons. The summed E-state index contributed by atoms with van der Waals surface area (Å²) in [5, 5.41) is 3.00. The van der Waals surface area contributed by atoms with Gasteiger partial charge in [-0.1, -0.05) is 24.3 Å². The molecule has 2 aromatic heterocycles. The minimum absolute atomic E-state index is 0.0830. The minimum Gasteiger partial charge on any atom is -0.333 e. The highest BCUT2D eigenvalue weighted by Crippen LogP contribution is 2.27. The van der Waals surface area contributed by atoms with E-state index in [2.05, 4.69) is 21.4 Å². The number of imidazole rings is 1. The molecular formula is C18H17N5O. The Morgan fingerprint density at radius 2 is 2.08 bits per heavy atom. The summed E-state index contributed by atoms with van der Waals surface area (Å²) in [5.74, 6) is 0.775. The molecule has 0 fully saturated rings. The number of carbonyl (C=O) groups excluding carboxylic acids is 1. The van der Waals surface area contributed by atoms with Gasteiger partial charge in [0.15, 0.2) is 0 Å². The monoisotopic (exact) mass is 319 g/mol. The summed E-state index contributed by atoms with van der Waals surface area (Å²) in [5.41, 5.74) is 3.15. The van der Waals surface area contributed by atoms with E-state index in [0.29, 0.717) is 13.1 Å². The van der Waals surface area contributed by atoms with Gasteiger partial charge in [0.05, 0.1) is 0 Å². The van der Waals surface area contributed by atoms with Crippen molar-refractivity contribution in [1.29, 1.82) is 0 Å². The van der Waals surface area contributed by atoms with Crippen molar-refractivity contribution in [3.63, 3.8) is 0 Å². The number of carbonyl (C=O) groups is 1. The van der Waals surface area contributed by atoms with Gasteiger partial charge < -0.3 is 5.32 Å². The maximum Gasteiger partial charge on any atom is 0.322 e. The predicted molar refractivity (Wildman–Crippen MR) is 91.1 cm³/mol. The van der Waals surface area contributed by atoms with E-state index in [0.717, 1.165) is 23.5 Å². The van der Waals surface area contributed by atoms with Crippen molar-refractivity contribution in [2.45, 2.75) is 13.0 Å². The lowest BCUT2D eigenvalue weighted by molar-refractivity contribution is 0.246. The quantitative estimate of drug-likeness (QED) is 0.807. The van der Waals surface area contributed by atoms with Gasteiger partial charge in [0.2, 0.25) is 0 Å². The third kappa shape index (κ3) is 2.62. The highest BCUT2D eigenvalue weighted by Gasteiger charge is 2.23. The molecule has 2 amide bonds. The highest BCUT2D eigenvalue weighted by atomic mass is 16.2. The van der Waals surface area contributed by atoms with Gasteiger partial charge in [-0.05, 0) is 24.1 Å². The number of hydrogen-bond donors (Lipinski definition) is 1. The molecule has 0 saturated heterocycles. The average molecular weight is 319 g/mol. The Morgan fingerprint density at radius 3 is 2.96 bits per heavy atom. The average Bonchev–Trinajstić information content (AvgIpc) is 3.29. The fourth-order valence-electron chi connectivity index (χ4n) is 3.00. The van der Waals surface area contributed by atoms with Crippen LogP contribution in [0.3, 0.4) is 0 Å². The Morgan fingerprint density at radius 1 is 1.17 bits per heavy atom. The number of nitrogens with one attached hydrogen (secondary N) is 1. The van der Waals surface area contributed by atoms with Crippen molar-refractivity contribution < 1.29 is 4.79 Å². The molecule has 0 aliphatic carbocycles. The van der Waals surface area contributed by atoms with Crippen molar-refractivity contribution in [3.8, 4) is 5.82 Å².